The molecule has 1 aromatic heterocycles. The Bertz CT molecular complexity index is 662. The first-order chi connectivity index (χ1) is 9.73. The van der Waals surface area contributed by atoms with Gasteiger partial charge >= 0.3 is 11.8 Å². The summed E-state index contributed by atoms with van der Waals surface area (Å²) in [5.74, 6) is -2.64. The fraction of sp³-hybridized carbons (Fsp3) is 0.385. The van der Waals surface area contributed by atoms with E-state index in [2.05, 4.69) is 15.3 Å². The number of carbonyl (C=O) groups excluding carboxylic acids is 1. The zero-order chi connectivity index (χ0) is 15.8. The van der Waals surface area contributed by atoms with E-state index in [4.69, 9.17) is 5.26 Å². The molecule has 8 heteroatoms. The van der Waals surface area contributed by atoms with Crippen LogP contribution in [0.5, 0.6) is 0 Å². The molecular weight excluding hydrogens is 285 g/mol. The number of hydrogen-bond donors (Lipinski definition) is 2. The van der Waals surface area contributed by atoms with Crippen molar-refractivity contribution >= 4 is 17.3 Å². The van der Waals surface area contributed by atoms with Gasteiger partial charge in [-0.1, -0.05) is 0 Å². The third-order valence-corrected chi connectivity index (χ3v) is 3.38. The highest BCUT2D eigenvalue weighted by Gasteiger charge is 2.76. The van der Waals surface area contributed by atoms with Gasteiger partial charge in [-0.2, -0.15) is 28.7 Å². The maximum Gasteiger partial charge on any atom is 0.508 e. The Morgan fingerprint density at radius 2 is 2.10 bits per heavy atom. The molecule has 0 amide bonds. The first kappa shape index (κ1) is 15.0. The molecule has 1 aromatic rings. The second-order valence-corrected chi connectivity index (χ2v) is 4.84. The minimum Gasteiger partial charge on any atom is -0.284 e. The molecule has 2 rings (SSSR count). The minimum atomic E-state index is -4.91. The summed E-state index contributed by atoms with van der Waals surface area (Å²) in [5.41, 5.74) is -2.52. The molecule has 0 fully saturated rings. The van der Waals surface area contributed by atoms with Crippen molar-refractivity contribution in [3.05, 3.63) is 23.9 Å². The van der Waals surface area contributed by atoms with Gasteiger partial charge < -0.3 is 0 Å². The van der Waals surface area contributed by atoms with Crippen molar-refractivity contribution in [3.63, 3.8) is 0 Å². The van der Waals surface area contributed by atoms with Crippen LogP contribution in [-0.2, 0) is 4.79 Å². The Labute approximate surface area is 118 Å². The van der Waals surface area contributed by atoms with Crippen molar-refractivity contribution in [2.24, 2.45) is 5.92 Å². The predicted octanol–water partition coefficient (Wildman–Crippen LogP) is -0.256. The Morgan fingerprint density at radius 3 is 2.57 bits per heavy atom. The van der Waals surface area contributed by atoms with Crippen LogP contribution in [0.15, 0.2) is 18.3 Å². The molecule has 110 valence electrons. The molecule has 21 heavy (non-hydrogen) atoms. The first-order valence-corrected chi connectivity index (χ1v) is 6.10. The van der Waals surface area contributed by atoms with Crippen LogP contribution in [0.2, 0.25) is 0 Å². The molecule has 0 bridgehead atoms. The van der Waals surface area contributed by atoms with Crippen LogP contribution in [-0.4, -0.2) is 23.3 Å². The monoisotopic (exact) mass is 298 g/mol. The SMILES string of the molecule is CC1=[NH+][C@](Nc2[nH+]cccc2C)(C(F)(F)F)C(=O)[C@@H]1C#N. The van der Waals surface area contributed by atoms with E-state index < -0.39 is 23.5 Å². The molecule has 1 aliphatic rings. The molecule has 0 aromatic carbocycles. The van der Waals surface area contributed by atoms with Gasteiger partial charge in [0, 0.05) is 12.5 Å². The highest BCUT2D eigenvalue weighted by molar-refractivity contribution is 6.11. The number of hydrogen-bond acceptors (Lipinski definition) is 3. The smallest absolute Gasteiger partial charge is 0.284 e. The van der Waals surface area contributed by atoms with Crippen LogP contribution in [0.4, 0.5) is 19.0 Å². The number of aryl methyl sites for hydroxylation is 1. The second-order valence-electron chi connectivity index (χ2n) is 4.84. The summed E-state index contributed by atoms with van der Waals surface area (Å²) in [6, 6.07) is 4.81. The standard InChI is InChI=1S/C13H11F3N4O/c1-7-4-3-5-18-11(7)20-12(13(14,15)16)10(21)9(6-17)8(2)19-12/h3-5,9H,1-2H3,(H,18,20)/p+2/t9-,12-/m1/s1. The minimum absolute atomic E-state index is 0.0269. The molecule has 0 saturated heterocycles. The van der Waals surface area contributed by atoms with Crippen LogP contribution in [0.25, 0.3) is 0 Å². The predicted molar refractivity (Wildman–Crippen MR) is 65.9 cm³/mol. The molecular formula is C13H13F3N4O+2. The quantitative estimate of drug-likeness (QED) is 0.789. The summed E-state index contributed by atoms with van der Waals surface area (Å²) >= 11 is 0. The summed E-state index contributed by atoms with van der Waals surface area (Å²) in [5, 5.41) is 11.1. The van der Waals surface area contributed by atoms with E-state index in [0.717, 1.165) is 0 Å². The van der Waals surface area contributed by atoms with Gasteiger partial charge in [-0.3, -0.25) is 4.79 Å². The van der Waals surface area contributed by atoms with Gasteiger partial charge in [-0.25, -0.2) is 4.98 Å². The summed E-state index contributed by atoms with van der Waals surface area (Å²) in [6.45, 7) is 2.89. The average molecular weight is 298 g/mol. The molecule has 0 saturated carbocycles. The Hall–Kier alpha value is -2.43. The van der Waals surface area contributed by atoms with E-state index >= 15 is 0 Å². The molecule has 0 radical (unpaired) electrons. The molecule has 2 atom stereocenters. The molecule has 0 aliphatic carbocycles. The first-order valence-electron chi connectivity index (χ1n) is 6.10. The van der Waals surface area contributed by atoms with Gasteiger partial charge in [0.05, 0.1) is 12.3 Å². The van der Waals surface area contributed by atoms with E-state index in [1.54, 1.807) is 25.1 Å². The zero-order valence-electron chi connectivity index (χ0n) is 11.3. The number of H-pyrrole nitrogens is 1. The van der Waals surface area contributed by atoms with Gasteiger partial charge in [0.15, 0.2) is 11.6 Å². The van der Waals surface area contributed by atoms with Crippen LogP contribution in [0.3, 0.4) is 0 Å². The number of carbonyl (C=O) groups is 1. The van der Waals surface area contributed by atoms with Crippen LogP contribution >= 0.6 is 0 Å². The number of pyridine rings is 1. The van der Waals surface area contributed by atoms with Crippen molar-refractivity contribution in [2.75, 3.05) is 5.32 Å². The topological polar surface area (TPSA) is 81.0 Å². The number of aromatic nitrogens is 1. The van der Waals surface area contributed by atoms with Crippen LogP contribution < -0.4 is 15.3 Å². The van der Waals surface area contributed by atoms with Gasteiger partial charge in [-0.15, -0.1) is 0 Å². The van der Waals surface area contributed by atoms with E-state index in [0.29, 0.717) is 5.56 Å². The number of nitrogens with zero attached hydrogens (tertiary/aromatic N) is 1. The lowest BCUT2D eigenvalue weighted by atomic mass is 9.95. The van der Waals surface area contributed by atoms with E-state index in [-0.39, 0.29) is 11.5 Å². The number of alkyl halides is 3. The van der Waals surface area contributed by atoms with Crippen molar-refractivity contribution in [1.82, 2.24) is 0 Å². The van der Waals surface area contributed by atoms with Gasteiger partial charge in [-0.05, 0) is 19.1 Å². The van der Waals surface area contributed by atoms with E-state index in [1.807, 2.05) is 0 Å². The van der Waals surface area contributed by atoms with Gasteiger partial charge in [0.2, 0.25) is 0 Å². The summed E-state index contributed by atoms with van der Waals surface area (Å²) in [6.07, 6.45) is -3.47. The average Bonchev–Trinajstić information content (AvgIpc) is 2.64. The molecule has 5 nitrogen and oxygen atoms in total. The number of Topliss-reactive ketones (excluding diaryl/α,β-unsaturated/α-hetero) is 1. The second kappa shape index (κ2) is 4.84. The highest BCUT2D eigenvalue weighted by atomic mass is 19.4. The summed E-state index contributed by atoms with van der Waals surface area (Å²) < 4.78 is 40.5. The third-order valence-electron chi connectivity index (χ3n) is 3.38. The lowest BCUT2D eigenvalue weighted by molar-refractivity contribution is -0.568. The fourth-order valence-corrected chi connectivity index (χ4v) is 2.22. The van der Waals surface area contributed by atoms with Crippen LogP contribution in [0, 0.1) is 24.2 Å². The number of rotatable bonds is 2. The Balaban J connectivity index is 2.55. The number of halogens is 3. The number of anilines is 1. The van der Waals surface area contributed by atoms with Gasteiger partial charge in [0.25, 0.3) is 11.6 Å². The number of nitriles is 1. The molecule has 2 heterocycles. The van der Waals surface area contributed by atoms with Crippen molar-refractivity contribution in [2.45, 2.75) is 25.7 Å². The normalized spacial score (nSPS) is 25.4. The number of nitrogens with one attached hydrogen (secondary N) is 3. The van der Waals surface area contributed by atoms with Gasteiger partial charge in [0.1, 0.15) is 0 Å². The summed E-state index contributed by atoms with van der Waals surface area (Å²) in [4.78, 5) is 16.9. The number of aromatic amines is 1. The van der Waals surface area contributed by atoms with Crippen molar-refractivity contribution < 1.29 is 27.9 Å². The van der Waals surface area contributed by atoms with Crippen LogP contribution in [0.1, 0.15) is 12.5 Å². The maximum absolute atomic E-state index is 13.5. The van der Waals surface area contributed by atoms with Crippen molar-refractivity contribution in [3.8, 4) is 6.07 Å². The third kappa shape index (κ3) is 2.24. The largest absolute Gasteiger partial charge is 0.508 e. The Kier molecular flexibility index (Phi) is 3.45. The molecule has 3 N–H and O–H groups in total. The molecule has 0 spiro atoms. The zero-order valence-corrected chi connectivity index (χ0v) is 11.3. The maximum atomic E-state index is 13.5. The number of ketones is 1. The fourth-order valence-electron chi connectivity index (χ4n) is 2.22. The molecule has 1 aliphatic heterocycles. The lowest BCUT2D eigenvalue weighted by Gasteiger charge is -2.19. The van der Waals surface area contributed by atoms with Crippen molar-refractivity contribution in [1.29, 1.82) is 5.26 Å². The highest BCUT2D eigenvalue weighted by Crippen LogP contribution is 2.32. The Morgan fingerprint density at radius 1 is 1.43 bits per heavy atom. The van der Waals surface area contributed by atoms with E-state index in [1.165, 1.54) is 13.1 Å². The lowest BCUT2D eigenvalue weighted by Crippen LogP contribution is -2.94. The summed E-state index contributed by atoms with van der Waals surface area (Å²) in [7, 11) is 0. The van der Waals surface area contributed by atoms with E-state index in [9.17, 15) is 18.0 Å². The molecule has 0 unspecified atom stereocenters.